The number of alkyl halides is 1. The van der Waals surface area contributed by atoms with Crippen LogP contribution in [0.25, 0.3) is 0 Å². The summed E-state index contributed by atoms with van der Waals surface area (Å²) in [6.45, 7) is -0.157. The maximum atomic E-state index is 14.1. The molecular weight excluding hydrogens is 413 g/mol. The Bertz CT molecular complexity index is 586. The zero-order chi connectivity index (χ0) is 22.4. The van der Waals surface area contributed by atoms with Gasteiger partial charge in [0.1, 0.15) is 55.0 Å². The van der Waals surface area contributed by atoms with Crippen molar-refractivity contribution in [3.05, 3.63) is 0 Å². The summed E-state index contributed by atoms with van der Waals surface area (Å²) < 4.78 is 30.3. The predicted octanol–water partition coefficient (Wildman–Crippen LogP) is -5.29. The maximum Gasteiger partial charge on any atom is 0.187 e. The van der Waals surface area contributed by atoms with E-state index >= 15 is 0 Å². The minimum absolute atomic E-state index is 0.116. The number of rotatable bonds is 5. The Kier molecular flexibility index (Phi) is 7.34. The molecule has 0 aromatic heterocycles. The molecule has 0 radical (unpaired) electrons. The van der Waals surface area contributed by atoms with Crippen molar-refractivity contribution >= 4 is 0 Å². The summed E-state index contributed by atoms with van der Waals surface area (Å²) in [7, 11) is 0. The SMILES string of the molecule is C[C@H]1O[C@@H]([C@]2(O)[C@H](O)[C@@H](O)[C@@H](O[C@@H]3[C@H](CO)NC[C@@H]3F)O[C@@H]2CO)[C@H](O)[C@@H](O)[C@@H]1O. The standard InChI is InChI=1S/C17H30FNO11/c1-5-9(22)10(23)11(24)15(28-5)17(27)8(4-21)29-16(12(25)14(17)26)30-13-6(18)2-19-7(13)3-20/h5-16,19-27H,2-4H2,1H3/t5-,6+,7+,8-,9-,10+,11-,12-,13+,14-,15-,16-,17-/m1/s1. The van der Waals surface area contributed by atoms with Gasteiger partial charge in [-0.15, -0.1) is 0 Å². The van der Waals surface area contributed by atoms with Gasteiger partial charge >= 0.3 is 0 Å². The molecule has 3 rings (SSSR count). The first-order valence-corrected chi connectivity index (χ1v) is 9.76. The molecule has 176 valence electrons. The van der Waals surface area contributed by atoms with E-state index in [0.29, 0.717) is 0 Å². The lowest BCUT2D eigenvalue weighted by molar-refractivity contribution is -0.376. The van der Waals surface area contributed by atoms with Crippen LogP contribution in [0.4, 0.5) is 4.39 Å². The Labute approximate surface area is 171 Å². The molecule has 0 aromatic carbocycles. The van der Waals surface area contributed by atoms with Crippen LogP contribution in [0.15, 0.2) is 0 Å². The molecule has 0 aromatic rings. The number of aliphatic hydroxyl groups excluding tert-OH is 7. The quantitative estimate of drug-likeness (QED) is 0.196. The molecule has 3 aliphatic heterocycles. The molecule has 0 amide bonds. The first-order chi connectivity index (χ1) is 14.1. The number of hydrogen-bond donors (Lipinski definition) is 9. The topological polar surface area (TPSA) is 202 Å². The Morgan fingerprint density at radius 3 is 2.27 bits per heavy atom. The van der Waals surface area contributed by atoms with Crippen LogP contribution in [0.3, 0.4) is 0 Å². The van der Waals surface area contributed by atoms with Gasteiger partial charge in [-0.05, 0) is 6.92 Å². The Balaban J connectivity index is 1.83. The molecule has 0 spiro atoms. The Morgan fingerprint density at radius 2 is 1.67 bits per heavy atom. The van der Waals surface area contributed by atoms with Gasteiger partial charge in [0.15, 0.2) is 11.9 Å². The first-order valence-electron chi connectivity index (χ1n) is 9.76. The van der Waals surface area contributed by atoms with Crippen LogP contribution in [0.1, 0.15) is 6.92 Å². The molecule has 12 nitrogen and oxygen atoms in total. The number of aliphatic hydroxyl groups is 8. The molecule has 0 saturated carbocycles. The van der Waals surface area contributed by atoms with Crippen molar-refractivity contribution in [2.24, 2.45) is 0 Å². The molecule has 30 heavy (non-hydrogen) atoms. The van der Waals surface area contributed by atoms with Gasteiger partial charge in [0.05, 0.1) is 25.4 Å². The maximum absolute atomic E-state index is 14.1. The van der Waals surface area contributed by atoms with Crippen LogP contribution in [-0.2, 0) is 14.2 Å². The van der Waals surface area contributed by atoms with E-state index in [2.05, 4.69) is 5.32 Å². The highest BCUT2D eigenvalue weighted by Crippen LogP contribution is 2.39. The molecule has 3 fully saturated rings. The van der Waals surface area contributed by atoms with Gasteiger partial charge in [-0.2, -0.15) is 0 Å². The van der Waals surface area contributed by atoms with E-state index in [1.165, 1.54) is 6.92 Å². The van der Waals surface area contributed by atoms with Gasteiger partial charge in [0.25, 0.3) is 0 Å². The number of ether oxygens (including phenoxy) is 3. The highest BCUT2D eigenvalue weighted by Gasteiger charge is 2.64. The Morgan fingerprint density at radius 1 is 1.00 bits per heavy atom. The smallest absolute Gasteiger partial charge is 0.187 e. The third kappa shape index (κ3) is 3.87. The highest BCUT2D eigenvalue weighted by molar-refractivity contribution is 5.12. The molecule has 3 saturated heterocycles. The van der Waals surface area contributed by atoms with Crippen molar-refractivity contribution in [1.29, 1.82) is 0 Å². The van der Waals surface area contributed by atoms with Crippen LogP contribution in [0.5, 0.6) is 0 Å². The van der Waals surface area contributed by atoms with E-state index in [-0.39, 0.29) is 6.54 Å². The fourth-order valence-corrected chi connectivity index (χ4v) is 4.30. The molecule has 0 aliphatic carbocycles. The zero-order valence-corrected chi connectivity index (χ0v) is 16.2. The van der Waals surface area contributed by atoms with Crippen LogP contribution >= 0.6 is 0 Å². The summed E-state index contributed by atoms with van der Waals surface area (Å²) in [4.78, 5) is 0. The summed E-state index contributed by atoms with van der Waals surface area (Å²) in [6.07, 6.45) is -18.2. The van der Waals surface area contributed by atoms with E-state index in [4.69, 9.17) is 14.2 Å². The molecule has 3 aliphatic rings. The van der Waals surface area contributed by atoms with Crippen molar-refractivity contribution in [3.8, 4) is 0 Å². The van der Waals surface area contributed by atoms with E-state index in [1.54, 1.807) is 0 Å². The number of halogens is 1. The largest absolute Gasteiger partial charge is 0.395 e. The lowest BCUT2D eigenvalue weighted by atomic mass is 9.75. The average Bonchev–Trinajstić information content (AvgIpc) is 3.08. The van der Waals surface area contributed by atoms with Gasteiger partial charge in [-0.3, -0.25) is 0 Å². The predicted molar refractivity (Wildman–Crippen MR) is 93.7 cm³/mol. The second-order valence-corrected chi connectivity index (χ2v) is 8.05. The van der Waals surface area contributed by atoms with E-state index in [0.717, 1.165) is 0 Å². The molecule has 0 unspecified atom stereocenters. The summed E-state index contributed by atoms with van der Waals surface area (Å²) in [5.41, 5.74) is -2.62. The minimum Gasteiger partial charge on any atom is -0.395 e. The second-order valence-electron chi connectivity index (χ2n) is 8.05. The minimum atomic E-state index is -2.62. The summed E-state index contributed by atoms with van der Waals surface area (Å²) >= 11 is 0. The normalized spacial score (nSPS) is 55.0. The number of hydrogen-bond acceptors (Lipinski definition) is 12. The number of nitrogens with one attached hydrogen (secondary N) is 1. The zero-order valence-electron chi connectivity index (χ0n) is 16.2. The van der Waals surface area contributed by atoms with Crippen LogP contribution in [-0.4, -0.2) is 140 Å². The van der Waals surface area contributed by atoms with Crippen molar-refractivity contribution in [3.63, 3.8) is 0 Å². The lowest BCUT2D eigenvalue weighted by Crippen LogP contribution is -2.77. The van der Waals surface area contributed by atoms with Crippen molar-refractivity contribution in [2.45, 2.75) is 86.0 Å². The molecule has 13 atom stereocenters. The lowest BCUT2D eigenvalue weighted by Gasteiger charge is -2.54. The van der Waals surface area contributed by atoms with E-state index in [1.807, 2.05) is 0 Å². The van der Waals surface area contributed by atoms with Crippen LogP contribution in [0, 0.1) is 0 Å². The Hall–Kier alpha value is -0.550. The third-order valence-electron chi connectivity index (χ3n) is 6.18. The monoisotopic (exact) mass is 443 g/mol. The van der Waals surface area contributed by atoms with Gasteiger partial charge in [0, 0.05) is 6.54 Å². The van der Waals surface area contributed by atoms with Crippen molar-refractivity contribution in [2.75, 3.05) is 19.8 Å². The van der Waals surface area contributed by atoms with E-state index < -0.39 is 92.3 Å². The summed E-state index contributed by atoms with van der Waals surface area (Å²) in [5.74, 6) is 0. The molecule has 3 heterocycles. The van der Waals surface area contributed by atoms with E-state index in [9.17, 15) is 45.2 Å². The highest BCUT2D eigenvalue weighted by atomic mass is 19.1. The van der Waals surface area contributed by atoms with Crippen molar-refractivity contribution in [1.82, 2.24) is 5.32 Å². The third-order valence-corrected chi connectivity index (χ3v) is 6.18. The van der Waals surface area contributed by atoms with Gasteiger partial charge in [-0.1, -0.05) is 0 Å². The second kappa shape index (κ2) is 9.13. The van der Waals surface area contributed by atoms with Crippen molar-refractivity contribution < 1.29 is 59.5 Å². The fourth-order valence-electron chi connectivity index (χ4n) is 4.30. The van der Waals surface area contributed by atoms with Crippen LogP contribution in [0.2, 0.25) is 0 Å². The molecule has 0 bridgehead atoms. The fraction of sp³-hybridized carbons (Fsp3) is 1.00. The van der Waals surface area contributed by atoms with Crippen LogP contribution < -0.4 is 5.32 Å². The molecule has 9 N–H and O–H groups in total. The molecular formula is C17H30FNO11. The average molecular weight is 443 g/mol. The van der Waals surface area contributed by atoms with Gasteiger partial charge < -0.3 is 60.4 Å². The van der Waals surface area contributed by atoms with Gasteiger partial charge in [0.2, 0.25) is 0 Å². The summed E-state index contributed by atoms with van der Waals surface area (Å²) in [5, 5.41) is 84.3. The first kappa shape index (κ1) is 24.1. The molecule has 13 heteroatoms. The van der Waals surface area contributed by atoms with Gasteiger partial charge in [-0.25, -0.2) is 4.39 Å². The summed E-state index contributed by atoms with van der Waals surface area (Å²) in [6, 6.07) is -0.803.